The molecule has 2 nitrogen and oxygen atoms in total. The molecule has 2 rings (SSSR count). The van der Waals surface area contributed by atoms with Crippen LogP contribution in [0.1, 0.15) is 31.7 Å². The average Bonchev–Trinajstić information content (AvgIpc) is 3.05. The molecule has 1 aromatic rings. The van der Waals surface area contributed by atoms with Crippen molar-refractivity contribution in [2.45, 2.75) is 32.6 Å². The second-order valence-electron chi connectivity index (χ2n) is 5.03. The fourth-order valence-corrected chi connectivity index (χ4v) is 2.17. The number of nitrogen functional groups attached to an aromatic ring is 1. The van der Waals surface area contributed by atoms with Crippen molar-refractivity contribution in [2.24, 2.45) is 5.41 Å². The van der Waals surface area contributed by atoms with Crippen LogP contribution in [0.4, 0.5) is 5.69 Å². The summed E-state index contributed by atoms with van der Waals surface area (Å²) in [6.45, 7) is 4.55. The third-order valence-corrected chi connectivity index (χ3v) is 3.75. The van der Waals surface area contributed by atoms with Gasteiger partial charge in [-0.1, -0.05) is 19.1 Å². The largest absolute Gasteiger partial charge is 0.399 e. The highest BCUT2D eigenvalue weighted by atomic mass is 14.9. The highest BCUT2D eigenvalue weighted by molar-refractivity contribution is 5.40. The normalized spacial score (nSPS) is 17.3. The maximum absolute atomic E-state index is 5.74. The lowest BCUT2D eigenvalue weighted by Crippen LogP contribution is -2.25. The maximum Gasteiger partial charge on any atom is 0.0316 e. The van der Waals surface area contributed by atoms with E-state index in [1.54, 1.807) is 0 Å². The molecule has 0 bridgehead atoms. The standard InChI is InChI=1S/C14H22N2/c1-2-14(7-8-14)11-16-9-6-12-4-3-5-13(15)10-12/h3-5,10,16H,2,6-9,11,15H2,1H3. The maximum atomic E-state index is 5.74. The molecule has 3 N–H and O–H groups in total. The van der Waals surface area contributed by atoms with E-state index in [1.165, 1.54) is 31.4 Å². The Bertz CT molecular complexity index is 342. The van der Waals surface area contributed by atoms with E-state index < -0.39 is 0 Å². The van der Waals surface area contributed by atoms with Gasteiger partial charge in [-0.15, -0.1) is 0 Å². The Morgan fingerprint density at radius 2 is 2.19 bits per heavy atom. The Morgan fingerprint density at radius 1 is 1.38 bits per heavy atom. The van der Waals surface area contributed by atoms with Gasteiger partial charge in [0.05, 0.1) is 0 Å². The molecule has 1 aliphatic carbocycles. The first-order valence-corrected chi connectivity index (χ1v) is 6.29. The van der Waals surface area contributed by atoms with Crippen molar-refractivity contribution < 1.29 is 0 Å². The first-order valence-electron chi connectivity index (χ1n) is 6.29. The third-order valence-electron chi connectivity index (χ3n) is 3.75. The lowest BCUT2D eigenvalue weighted by Gasteiger charge is -2.13. The number of nitrogens with two attached hydrogens (primary N) is 1. The van der Waals surface area contributed by atoms with Gasteiger partial charge in [0, 0.05) is 12.2 Å². The smallest absolute Gasteiger partial charge is 0.0316 e. The number of hydrogen-bond acceptors (Lipinski definition) is 2. The highest BCUT2D eigenvalue weighted by Crippen LogP contribution is 2.47. The molecule has 0 heterocycles. The second-order valence-corrected chi connectivity index (χ2v) is 5.03. The van der Waals surface area contributed by atoms with Gasteiger partial charge in [0.2, 0.25) is 0 Å². The zero-order valence-electron chi connectivity index (χ0n) is 10.1. The summed E-state index contributed by atoms with van der Waals surface area (Å²) in [5.41, 5.74) is 8.58. The van der Waals surface area contributed by atoms with E-state index in [0.29, 0.717) is 5.41 Å². The van der Waals surface area contributed by atoms with Crippen molar-refractivity contribution >= 4 is 5.69 Å². The van der Waals surface area contributed by atoms with Crippen LogP contribution in [0.25, 0.3) is 0 Å². The number of anilines is 1. The van der Waals surface area contributed by atoms with Crippen molar-refractivity contribution in [2.75, 3.05) is 18.8 Å². The van der Waals surface area contributed by atoms with Gasteiger partial charge < -0.3 is 11.1 Å². The van der Waals surface area contributed by atoms with E-state index in [9.17, 15) is 0 Å². The third kappa shape index (κ3) is 2.99. The first kappa shape index (κ1) is 11.5. The molecule has 0 aromatic heterocycles. The molecule has 16 heavy (non-hydrogen) atoms. The van der Waals surface area contributed by atoms with Gasteiger partial charge in [0.1, 0.15) is 0 Å². The predicted octanol–water partition coefficient (Wildman–Crippen LogP) is 2.59. The summed E-state index contributed by atoms with van der Waals surface area (Å²) in [4.78, 5) is 0. The molecule has 0 radical (unpaired) electrons. The summed E-state index contributed by atoms with van der Waals surface area (Å²) < 4.78 is 0. The van der Waals surface area contributed by atoms with Crippen LogP contribution in [-0.2, 0) is 6.42 Å². The van der Waals surface area contributed by atoms with Crippen molar-refractivity contribution in [1.29, 1.82) is 0 Å². The van der Waals surface area contributed by atoms with Crippen LogP contribution in [0.3, 0.4) is 0 Å². The fourth-order valence-electron chi connectivity index (χ4n) is 2.17. The molecule has 1 saturated carbocycles. The molecule has 0 atom stereocenters. The summed E-state index contributed by atoms with van der Waals surface area (Å²) in [7, 11) is 0. The van der Waals surface area contributed by atoms with Gasteiger partial charge in [-0.2, -0.15) is 0 Å². The van der Waals surface area contributed by atoms with Crippen molar-refractivity contribution in [3.8, 4) is 0 Å². The Hall–Kier alpha value is -1.02. The van der Waals surface area contributed by atoms with E-state index in [0.717, 1.165) is 18.7 Å². The molecule has 1 aromatic carbocycles. The molecule has 2 heteroatoms. The van der Waals surface area contributed by atoms with E-state index in [-0.39, 0.29) is 0 Å². The second kappa shape index (κ2) is 4.88. The lowest BCUT2D eigenvalue weighted by atomic mass is 10.0. The summed E-state index contributed by atoms with van der Waals surface area (Å²) in [5.74, 6) is 0. The Labute approximate surface area is 98.2 Å². The van der Waals surface area contributed by atoms with Crippen LogP contribution in [0, 0.1) is 5.41 Å². The van der Waals surface area contributed by atoms with Crippen molar-refractivity contribution in [3.05, 3.63) is 29.8 Å². The molecule has 0 unspecified atom stereocenters. The van der Waals surface area contributed by atoms with Gasteiger partial charge >= 0.3 is 0 Å². The van der Waals surface area contributed by atoms with Gasteiger partial charge in [-0.3, -0.25) is 0 Å². The number of hydrogen-bond donors (Lipinski definition) is 2. The molecule has 0 aliphatic heterocycles. The van der Waals surface area contributed by atoms with Gasteiger partial charge in [0.25, 0.3) is 0 Å². The van der Waals surface area contributed by atoms with Crippen molar-refractivity contribution in [3.63, 3.8) is 0 Å². The highest BCUT2D eigenvalue weighted by Gasteiger charge is 2.39. The van der Waals surface area contributed by atoms with Crippen LogP contribution in [0.15, 0.2) is 24.3 Å². The molecule has 1 fully saturated rings. The van der Waals surface area contributed by atoms with Crippen molar-refractivity contribution in [1.82, 2.24) is 5.32 Å². The number of rotatable bonds is 6. The topological polar surface area (TPSA) is 38.0 Å². The van der Waals surface area contributed by atoms with Gasteiger partial charge in [-0.25, -0.2) is 0 Å². The molecular formula is C14H22N2. The summed E-state index contributed by atoms with van der Waals surface area (Å²) in [5, 5.41) is 3.57. The number of benzene rings is 1. The minimum atomic E-state index is 0.649. The van der Waals surface area contributed by atoms with Crippen LogP contribution >= 0.6 is 0 Å². The summed E-state index contributed by atoms with van der Waals surface area (Å²) in [6.07, 6.45) is 5.21. The molecule has 1 aliphatic rings. The Morgan fingerprint density at radius 3 is 2.81 bits per heavy atom. The fraction of sp³-hybridized carbons (Fsp3) is 0.571. The SMILES string of the molecule is CCC1(CNCCc2cccc(N)c2)CC1. The summed E-state index contributed by atoms with van der Waals surface area (Å²) >= 11 is 0. The predicted molar refractivity (Wildman–Crippen MR) is 69.4 cm³/mol. The average molecular weight is 218 g/mol. The minimum Gasteiger partial charge on any atom is -0.399 e. The van der Waals surface area contributed by atoms with Crippen LogP contribution < -0.4 is 11.1 Å². The molecule has 0 saturated heterocycles. The Kier molecular flexibility index (Phi) is 3.49. The summed E-state index contributed by atoms with van der Waals surface area (Å²) in [6, 6.07) is 8.17. The van der Waals surface area contributed by atoms with Crippen LogP contribution in [-0.4, -0.2) is 13.1 Å². The van der Waals surface area contributed by atoms with Crippen LogP contribution in [0.2, 0.25) is 0 Å². The molecule has 0 amide bonds. The number of nitrogens with one attached hydrogen (secondary N) is 1. The monoisotopic (exact) mass is 218 g/mol. The van der Waals surface area contributed by atoms with Gasteiger partial charge in [0.15, 0.2) is 0 Å². The molecular weight excluding hydrogens is 196 g/mol. The van der Waals surface area contributed by atoms with Crippen LogP contribution in [0.5, 0.6) is 0 Å². The van der Waals surface area contributed by atoms with E-state index >= 15 is 0 Å². The molecule has 88 valence electrons. The quantitative estimate of drug-likeness (QED) is 0.569. The van der Waals surface area contributed by atoms with E-state index in [1.807, 2.05) is 12.1 Å². The Balaban J connectivity index is 1.68. The zero-order valence-corrected chi connectivity index (χ0v) is 10.1. The first-order chi connectivity index (χ1) is 7.74. The lowest BCUT2D eigenvalue weighted by molar-refractivity contribution is 0.446. The zero-order chi connectivity index (χ0) is 11.4. The minimum absolute atomic E-state index is 0.649. The van der Waals surface area contributed by atoms with E-state index in [2.05, 4.69) is 24.4 Å². The van der Waals surface area contributed by atoms with Gasteiger partial charge in [-0.05, 0) is 55.3 Å². The van der Waals surface area contributed by atoms with E-state index in [4.69, 9.17) is 5.73 Å². The molecule has 0 spiro atoms.